The van der Waals surface area contributed by atoms with Crippen LogP contribution in [0.5, 0.6) is 0 Å². The van der Waals surface area contributed by atoms with Crippen molar-refractivity contribution in [2.45, 2.75) is 15.2 Å². The number of benzene rings is 7. The summed E-state index contributed by atoms with van der Waals surface area (Å²) >= 11 is 0. The van der Waals surface area contributed by atoms with Crippen molar-refractivity contribution in [1.29, 1.82) is 0 Å². The molecule has 0 amide bonds. The van der Waals surface area contributed by atoms with E-state index in [0.717, 1.165) is 94.8 Å². The third kappa shape index (κ3) is 4.46. The largest absolute Gasteiger partial charge is 0.264 e. The Labute approximate surface area is 336 Å². The first kappa shape index (κ1) is 32.9. The van der Waals surface area contributed by atoms with E-state index in [1.165, 1.54) is 0 Å². The number of hydrogen-bond acceptors (Lipinski definition) is 5. The van der Waals surface area contributed by atoms with Crippen LogP contribution in [0, 0.1) is 0 Å². The third-order valence-electron chi connectivity index (χ3n) is 12.2. The first-order chi connectivity index (χ1) is 28.5. The summed E-state index contributed by atoms with van der Waals surface area (Å²) in [6.45, 7) is 0. The fourth-order valence-electron chi connectivity index (χ4n) is 9.72. The molecule has 5 nitrogen and oxygen atoms in total. The second kappa shape index (κ2) is 12.1. The van der Waals surface area contributed by atoms with Gasteiger partial charge in [-0.05, 0) is 98.1 Å². The zero-order valence-electron chi connectivity index (χ0n) is 31.0. The number of pyridine rings is 1. The second-order valence-corrected chi connectivity index (χ2v) is 17.0. The molecule has 1 aliphatic heterocycles. The average Bonchev–Trinajstić information content (AvgIpc) is 3.66. The van der Waals surface area contributed by atoms with Crippen molar-refractivity contribution in [3.8, 4) is 78.4 Å². The minimum absolute atomic E-state index is 0.356. The smallest absolute Gasteiger partial charge is 0.207 e. The van der Waals surface area contributed by atoms with E-state index < -0.39 is 15.3 Å². The molecule has 12 rings (SSSR count). The highest BCUT2D eigenvalue weighted by Crippen LogP contribution is 2.63. The molecule has 1 atom stereocenters. The Morgan fingerprint density at radius 1 is 0.379 bits per heavy atom. The molecule has 0 N–H and O–H groups in total. The van der Waals surface area contributed by atoms with E-state index in [1.807, 2.05) is 66.9 Å². The summed E-state index contributed by atoms with van der Waals surface area (Å²) in [5.41, 5.74) is 15.9. The second-order valence-electron chi connectivity index (χ2n) is 15.1. The lowest BCUT2D eigenvalue weighted by atomic mass is 9.65. The van der Waals surface area contributed by atoms with Crippen LogP contribution in [0.2, 0.25) is 0 Å². The zero-order chi connectivity index (χ0) is 38.6. The van der Waals surface area contributed by atoms with Gasteiger partial charge >= 0.3 is 0 Å². The molecule has 6 heteroatoms. The van der Waals surface area contributed by atoms with Crippen molar-refractivity contribution < 1.29 is 8.42 Å². The van der Waals surface area contributed by atoms with Gasteiger partial charge in [-0.1, -0.05) is 133 Å². The summed E-state index contributed by atoms with van der Waals surface area (Å²) in [7, 11) is -3.72. The fourth-order valence-corrected chi connectivity index (χ4v) is 11.4. The van der Waals surface area contributed by atoms with E-state index >= 15 is 0 Å². The first-order valence-electron chi connectivity index (χ1n) is 19.3. The predicted molar refractivity (Wildman–Crippen MR) is 229 cm³/mol. The molecule has 272 valence electrons. The van der Waals surface area contributed by atoms with Crippen LogP contribution in [0.15, 0.2) is 198 Å². The van der Waals surface area contributed by atoms with Gasteiger partial charge in [-0.2, -0.15) is 0 Å². The normalized spacial score (nSPS) is 15.9. The Morgan fingerprint density at radius 3 is 1.66 bits per heavy atom. The zero-order valence-corrected chi connectivity index (χ0v) is 31.8. The Hall–Kier alpha value is -7.28. The van der Waals surface area contributed by atoms with Gasteiger partial charge in [0.15, 0.2) is 5.82 Å². The van der Waals surface area contributed by atoms with Crippen molar-refractivity contribution in [2.24, 2.45) is 0 Å². The first-order valence-corrected chi connectivity index (χ1v) is 20.8. The molecule has 0 saturated heterocycles. The maximum absolute atomic E-state index is 14.2. The summed E-state index contributed by atoms with van der Waals surface area (Å²) in [4.78, 5) is 15.4. The molecule has 0 radical (unpaired) electrons. The number of sulfone groups is 1. The Bertz CT molecular complexity index is 3250. The van der Waals surface area contributed by atoms with Gasteiger partial charge < -0.3 is 0 Å². The van der Waals surface area contributed by atoms with Crippen LogP contribution in [-0.4, -0.2) is 23.4 Å². The van der Waals surface area contributed by atoms with Crippen molar-refractivity contribution >= 4 is 9.84 Å². The maximum Gasteiger partial charge on any atom is 0.207 e. The van der Waals surface area contributed by atoms with Crippen LogP contribution < -0.4 is 0 Å². The molecule has 0 bridgehead atoms. The minimum Gasteiger partial charge on any atom is -0.264 e. The molecule has 1 spiro atoms. The SMILES string of the molecule is O=S1(=O)c2ccccc2-c2cc3c(cc21)-c1ccccc1C31c2ccccc2-c2ccccc2-c2ccc(-c3cc(-c4cccnc4)nc(-c4ccccc4)n3)cc21. The molecule has 3 heterocycles. The maximum atomic E-state index is 14.2. The number of fused-ring (bicyclic) bond motifs is 15. The topological polar surface area (TPSA) is 72.8 Å². The van der Waals surface area contributed by atoms with E-state index in [0.29, 0.717) is 15.6 Å². The number of rotatable bonds is 3. The number of nitrogens with zero attached hydrogens (tertiary/aromatic N) is 3. The highest BCUT2D eigenvalue weighted by molar-refractivity contribution is 7.92. The standard InChI is InChI=1S/C52H31N3O2S/c56-58(57)49-23-11-8-20-40(49)42-28-46-41(29-50(42)58)38-19-7-10-22-44(38)52(46)43-21-9-6-18-37(43)35-16-4-5-17-36(35)39-25-24-33(27-45(39)52)47-30-48(34-15-12-26-53-31-34)55-51(54-47)32-13-2-1-3-14-32/h1-31H. The van der Waals surface area contributed by atoms with Crippen molar-refractivity contribution in [3.63, 3.8) is 0 Å². The molecule has 9 aromatic rings. The van der Waals surface area contributed by atoms with Crippen molar-refractivity contribution in [1.82, 2.24) is 15.0 Å². The van der Waals surface area contributed by atoms with Crippen LogP contribution in [0.4, 0.5) is 0 Å². The summed E-state index contributed by atoms with van der Waals surface area (Å²) in [5.74, 6) is 0.629. The fraction of sp³-hybridized carbons (Fsp3) is 0.0192. The molecular weight excluding hydrogens is 731 g/mol. The molecule has 3 aliphatic rings. The van der Waals surface area contributed by atoms with E-state index in [-0.39, 0.29) is 0 Å². The molecule has 0 saturated carbocycles. The quantitative estimate of drug-likeness (QED) is 0.179. The Morgan fingerprint density at radius 2 is 0.948 bits per heavy atom. The molecule has 2 aliphatic carbocycles. The summed E-state index contributed by atoms with van der Waals surface area (Å²) in [6.07, 6.45) is 3.61. The van der Waals surface area contributed by atoms with Crippen LogP contribution in [0.25, 0.3) is 78.4 Å². The molecule has 58 heavy (non-hydrogen) atoms. The number of hydrogen-bond donors (Lipinski definition) is 0. The molecule has 1 unspecified atom stereocenters. The summed E-state index contributed by atoms with van der Waals surface area (Å²) < 4.78 is 28.4. The number of aromatic nitrogens is 3. The monoisotopic (exact) mass is 761 g/mol. The van der Waals surface area contributed by atoms with Gasteiger partial charge in [0, 0.05) is 40.2 Å². The lowest BCUT2D eigenvalue weighted by Crippen LogP contribution is -2.29. The van der Waals surface area contributed by atoms with E-state index in [4.69, 9.17) is 9.97 Å². The van der Waals surface area contributed by atoms with Crippen molar-refractivity contribution in [2.75, 3.05) is 0 Å². The van der Waals surface area contributed by atoms with E-state index in [2.05, 4.69) is 108 Å². The van der Waals surface area contributed by atoms with E-state index in [1.54, 1.807) is 18.3 Å². The van der Waals surface area contributed by atoms with E-state index in [9.17, 15) is 8.42 Å². The highest BCUT2D eigenvalue weighted by atomic mass is 32.2. The molecule has 2 aromatic heterocycles. The van der Waals surface area contributed by atoms with Gasteiger partial charge in [0.25, 0.3) is 0 Å². The average molecular weight is 762 g/mol. The lowest BCUT2D eigenvalue weighted by Gasteiger charge is -2.36. The van der Waals surface area contributed by atoms with Crippen LogP contribution in [0.1, 0.15) is 22.3 Å². The molecular formula is C52H31N3O2S. The predicted octanol–water partition coefficient (Wildman–Crippen LogP) is 11.7. The lowest BCUT2D eigenvalue weighted by molar-refractivity contribution is 0.598. The van der Waals surface area contributed by atoms with Crippen LogP contribution in [-0.2, 0) is 15.3 Å². The molecule has 7 aromatic carbocycles. The molecule has 0 fully saturated rings. The summed E-state index contributed by atoms with van der Waals surface area (Å²) in [6, 6.07) is 60.3. The third-order valence-corrected chi connectivity index (χ3v) is 14.0. The van der Waals surface area contributed by atoms with Gasteiger partial charge in [-0.15, -0.1) is 0 Å². The van der Waals surface area contributed by atoms with Gasteiger partial charge in [-0.25, -0.2) is 18.4 Å². The van der Waals surface area contributed by atoms with Crippen LogP contribution >= 0.6 is 0 Å². The van der Waals surface area contributed by atoms with Gasteiger partial charge in [0.05, 0.1) is 26.6 Å². The van der Waals surface area contributed by atoms with Crippen molar-refractivity contribution in [3.05, 3.63) is 211 Å². The minimum atomic E-state index is -3.72. The Kier molecular flexibility index (Phi) is 6.87. The van der Waals surface area contributed by atoms with Gasteiger partial charge in [-0.3, -0.25) is 4.98 Å². The highest BCUT2D eigenvalue weighted by Gasteiger charge is 2.51. The van der Waals surface area contributed by atoms with Crippen LogP contribution in [0.3, 0.4) is 0 Å². The van der Waals surface area contributed by atoms with Gasteiger partial charge in [0.2, 0.25) is 9.84 Å². The van der Waals surface area contributed by atoms with Gasteiger partial charge in [0.1, 0.15) is 0 Å². The Balaban J connectivity index is 1.21. The summed E-state index contributed by atoms with van der Waals surface area (Å²) in [5, 5.41) is 0.